The molecule has 2 amide bonds. The topological polar surface area (TPSA) is 60.9 Å². The normalized spacial score (nSPS) is 14.6. The molecule has 0 radical (unpaired) electrons. The Morgan fingerprint density at radius 2 is 1.95 bits per heavy atom. The van der Waals surface area contributed by atoms with Crippen molar-refractivity contribution in [3.05, 3.63) is 47.0 Å². The van der Waals surface area contributed by atoms with Crippen molar-refractivity contribution in [3.8, 4) is 0 Å². The first kappa shape index (κ1) is 15.1. The number of carboxylic acids is 1. The second-order valence-corrected chi connectivity index (χ2v) is 5.39. The number of carbonyl (C=O) groups is 2. The second kappa shape index (κ2) is 6.43. The minimum atomic E-state index is -0.943. The number of benzene rings is 1. The fraction of sp³-hybridized carbons (Fsp3) is 0.375. The highest BCUT2D eigenvalue weighted by atomic mass is 16.4. The van der Waals surface area contributed by atoms with E-state index in [-0.39, 0.29) is 11.6 Å². The Morgan fingerprint density at radius 1 is 1.29 bits per heavy atom. The molecule has 1 aliphatic rings. The van der Waals surface area contributed by atoms with Crippen molar-refractivity contribution in [3.63, 3.8) is 0 Å². The Labute approximate surface area is 124 Å². The van der Waals surface area contributed by atoms with Gasteiger partial charge in [-0.05, 0) is 31.0 Å². The van der Waals surface area contributed by atoms with Gasteiger partial charge in [-0.15, -0.1) is 0 Å². The average molecular weight is 288 g/mol. The minimum absolute atomic E-state index is 0.000983. The van der Waals surface area contributed by atoms with Crippen molar-refractivity contribution < 1.29 is 14.7 Å². The molecule has 0 saturated heterocycles. The van der Waals surface area contributed by atoms with Crippen LogP contribution in [0.15, 0.2) is 35.9 Å². The molecule has 1 aliphatic heterocycles. The monoisotopic (exact) mass is 288 g/mol. The first-order valence-electron chi connectivity index (χ1n) is 6.95. The van der Waals surface area contributed by atoms with Gasteiger partial charge in [0.15, 0.2) is 0 Å². The third-order valence-corrected chi connectivity index (χ3v) is 3.65. The highest BCUT2D eigenvalue weighted by Gasteiger charge is 2.19. The Kier molecular flexibility index (Phi) is 4.62. The van der Waals surface area contributed by atoms with Gasteiger partial charge < -0.3 is 14.9 Å². The number of hydrogen-bond acceptors (Lipinski definition) is 2. The van der Waals surface area contributed by atoms with Gasteiger partial charge in [0.1, 0.15) is 0 Å². The molecule has 0 bridgehead atoms. The van der Waals surface area contributed by atoms with Gasteiger partial charge in [-0.25, -0.2) is 9.59 Å². The van der Waals surface area contributed by atoms with E-state index >= 15 is 0 Å². The summed E-state index contributed by atoms with van der Waals surface area (Å²) >= 11 is 0. The number of urea groups is 1. The first-order valence-corrected chi connectivity index (χ1v) is 6.95. The highest BCUT2D eigenvalue weighted by Crippen LogP contribution is 2.13. The van der Waals surface area contributed by atoms with E-state index in [4.69, 9.17) is 5.11 Å². The van der Waals surface area contributed by atoms with Gasteiger partial charge >= 0.3 is 12.0 Å². The van der Waals surface area contributed by atoms with Crippen molar-refractivity contribution >= 4 is 12.0 Å². The summed E-state index contributed by atoms with van der Waals surface area (Å²) in [5.74, 6) is -0.943. The number of nitrogens with zero attached hydrogens (tertiary/aromatic N) is 2. The zero-order valence-electron chi connectivity index (χ0n) is 12.4. The van der Waals surface area contributed by atoms with E-state index in [9.17, 15) is 9.59 Å². The SMILES string of the molecule is CC1=CCN(C(=O)N(C)Cc2ccc(C(=O)O)cc2)CC1. The lowest BCUT2D eigenvalue weighted by Crippen LogP contribution is -2.42. The van der Waals surface area contributed by atoms with E-state index in [1.54, 1.807) is 36.2 Å². The standard InChI is InChI=1S/C16H20N2O3/c1-12-7-9-18(10-8-12)16(21)17(2)11-13-3-5-14(6-4-13)15(19)20/h3-7H,8-11H2,1-2H3,(H,19,20). The molecular formula is C16H20N2O3. The van der Waals surface area contributed by atoms with Gasteiger partial charge in [0, 0.05) is 26.7 Å². The quantitative estimate of drug-likeness (QED) is 0.870. The molecule has 1 aromatic carbocycles. The lowest BCUT2D eigenvalue weighted by molar-refractivity contribution is 0.0696. The lowest BCUT2D eigenvalue weighted by Gasteiger charge is -2.30. The molecule has 0 spiro atoms. The molecule has 1 heterocycles. The van der Waals surface area contributed by atoms with Crippen molar-refractivity contribution in [1.82, 2.24) is 9.80 Å². The zero-order chi connectivity index (χ0) is 15.4. The Balaban J connectivity index is 1.95. The summed E-state index contributed by atoms with van der Waals surface area (Å²) in [6.45, 7) is 3.96. The third kappa shape index (κ3) is 3.84. The number of rotatable bonds is 3. The fourth-order valence-electron chi connectivity index (χ4n) is 2.28. The highest BCUT2D eigenvalue weighted by molar-refractivity contribution is 5.87. The summed E-state index contributed by atoms with van der Waals surface area (Å²) in [7, 11) is 1.76. The van der Waals surface area contributed by atoms with E-state index in [1.165, 1.54) is 5.57 Å². The minimum Gasteiger partial charge on any atom is -0.478 e. The molecule has 5 nitrogen and oxygen atoms in total. The van der Waals surface area contributed by atoms with Crippen LogP contribution < -0.4 is 0 Å². The first-order chi connectivity index (χ1) is 9.97. The number of carboxylic acid groups (broad SMARTS) is 1. The Morgan fingerprint density at radius 3 is 2.48 bits per heavy atom. The Hall–Kier alpha value is -2.30. The van der Waals surface area contributed by atoms with Crippen LogP contribution >= 0.6 is 0 Å². The predicted octanol–water partition coefficient (Wildman–Crippen LogP) is 2.59. The van der Waals surface area contributed by atoms with Gasteiger partial charge in [-0.1, -0.05) is 23.8 Å². The molecule has 0 unspecified atom stereocenters. The molecule has 0 saturated carbocycles. The van der Waals surface area contributed by atoms with Gasteiger partial charge in [0.05, 0.1) is 5.56 Å². The summed E-state index contributed by atoms with van der Waals surface area (Å²) < 4.78 is 0. The van der Waals surface area contributed by atoms with Crippen molar-refractivity contribution in [2.75, 3.05) is 20.1 Å². The number of carbonyl (C=O) groups excluding carboxylic acids is 1. The summed E-state index contributed by atoms with van der Waals surface area (Å²) in [6, 6.07) is 6.61. The molecule has 0 fully saturated rings. The summed E-state index contributed by atoms with van der Waals surface area (Å²) in [6.07, 6.45) is 3.00. The molecular weight excluding hydrogens is 268 g/mol. The van der Waals surface area contributed by atoms with Crippen LogP contribution in [0.4, 0.5) is 4.79 Å². The molecule has 1 N–H and O–H groups in total. The lowest BCUT2D eigenvalue weighted by atomic mass is 10.1. The summed E-state index contributed by atoms with van der Waals surface area (Å²) in [5, 5.41) is 8.86. The maximum atomic E-state index is 12.3. The van der Waals surface area contributed by atoms with E-state index < -0.39 is 5.97 Å². The molecule has 21 heavy (non-hydrogen) atoms. The van der Waals surface area contributed by atoms with Gasteiger partial charge in [0.2, 0.25) is 0 Å². The molecule has 1 aromatic rings. The fourth-order valence-corrected chi connectivity index (χ4v) is 2.28. The largest absolute Gasteiger partial charge is 0.478 e. The van der Waals surface area contributed by atoms with Crippen LogP contribution in [0.2, 0.25) is 0 Å². The molecule has 0 aromatic heterocycles. The molecule has 2 rings (SSSR count). The predicted molar refractivity (Wildman–Crippen MR) is 80.2 cm³/mol. The van der Waals surface area contributed by atoms with Crippen LogP contribution in [0.5, 0.6) is 0 Å². The zero-order valence-corrected chi connectivity index (χ0v) is 12.4. The van der Waals surface area contributed by atoms with Crippen LogP contribution in [-0.2, 0) is 6.54 Å². The van der Waals surface area contributed by atoms with Crippen LogP contribution in [0.25, 0.3) is 0 Å². The smallest absolute Gasteiger partial charge is 0.335 e. The average Bonchev–Trinajstić information content (AvgIpc) is 2.47. The second-order valence-electron chi connectivity index (χ2n) is 5.39. The van der Waals surface area contributed by atoms with Crippen LogP contribution in [0.1, 0.15) is 29.3 Å². The molecule has 5 heteroatoms. The van der Waals surface area contributed by atoms with Gasteiger partial charge in [0.25, 0.3) is 0 Å². The maximum absolute atomic E-state index is 12.3. The van der Waals surface area contributed by atoms with Crippen LogP contribution in [0, 0.1) is 0 Å². The third-order valence-electron chi connectivity index (χ3n) is 3.65. The molecule has 0 atom stereocenters. The van der Waals surface area contributed by atoms with E-state index in [2.05, 4.69) is 13.0 Å². The van der Waals surface area contributed by atoms with Gasteiger partial charge in [-0.3, -0.25) is 0 Å². The molecule has 0 aliphatic carbocycles. The summed E-state index contributed by atoms with van der Waals surface area (Å²) in [4.78, 5) is 26.6. The van der Waals surface area contributed by atoms with E-state index in [0.717, 1.165) is 18.5 Å². The van der Waals surface area contributed by atoms with Crippen molar-refractivity contribution in [2.24, 2.45) is 0 Å². The maximum Gasteiger partial charge on any atom is 0.335 e. The van der Waals surface area contributed by atoms with Crippen molar-refractivity contribution in [1.29, 1.82) is 0 Å². The Bertz CT molecular complexity index is 563. The number of amides is 2. The van der Waals surface area contributed by atoms with Crippen LogP contribution in [0.3, 0.4) is 0 Å². The van der Waals surface area contributed by atoms with Crippen molar-refractivity contribution in [2.45, 2.75) is 19.9 Å². The van der Waals surface area contributed by atoms with E-state index in [0.29, 0.717) is 13.1 Å². The summed E-state index contributed by atoms with van der Waals surface area (Å²) in [5.41, 5.74) is 2.50. The van der Waals surface area contributed by atoms with Crippen LogP contribution in [-0.4, -0.2) is 47.0 Å². The number of hydrogen-bond donors (Lipinski definition) is 1. The van der Waals surface area contributed by atoms with Gasteiger partial charge in [-0.2, -0.15) is 0 Å². The number of aromatic carboxylic acids is 1. The molecule has 112 valence electrons. The van der Waals surface area contributed by atoms with E-state index in [1.807, 2.05) is 4.90 Å².